The predicted molar refractivity (Wildman–Crippen MR) is 66.9 cm³/mol. The quantitative estimate of drug-likeness (QED) is 0.794. The summed E-state index contributed by atoms with van der Waals surface area (Å²) >= 11 is 0. The first-order valence-electron chi connectivity index (χ1n) is 7.20. The van der Waals surface area contributed by atoms with E-state index in [2.05, 4.69) is 9.84 Å². The van der Waals surface area contributed by atoms with Crippen LogP contribution in [0, 0.1) is 0 Å². The van der Waals surface area contributed by atoms with Crippen molar-refractivity contribution >= 4 is 0 Å². The van der Waals surface area contributed by atoms with Gasteiger partial charge in [-0.15, -0.1) is 0 Å². The first-order valence-corrected chi connectivity index (χ1v) is 7.20. The molecule has 1 aromatic heterocycles. The van der Waals surface area contributed by atoms with Crippen molar-refractivity contribution in [3.63, 3.8) is 0 Å². The minimum absolute atomic E-state index is 0.286. The Morgan fingerprint density at radius 1 is 1.28 bits per heavy atom. The van der Waals surface area contributed by atoms with Gasteiger partial charge in [-0.1, -0.05) is 0 Å². The average Bonchev–Trinajstić information content (AvgIpc) is 2.89. The lowest BCUT2D eigenvalue weighted by Crippen LogP contribution is -2.33. The number of aliphatic hydroxyl groups excluding tert-OH is 1. The third-order valence-corrected chi connectivity index (χ3v) is 3.78. The molecule has 0 amide bonds. The van der Waals surface area contributed by atoms with Gasteiger partial charge in [0.25, 0.3) is 5.92 Å². The molecule has 0 radical (unpaired) electrons. The van der Waals surface area contributed by atoms with E-state index in [1.54, 1.807) is 0 Å². The molecule has 0 saturated heterocycles. The van der Waals surface area contributed by atoms with Gasteiger partial charge >= 0.3 is 12.4 Å². The molecule has 2 unspecified atom stereocenters. The molecule has 4 nitrogen and oxygen atoms in total. The molecule has 144 valence electrons. The number of rotatable bonds is 5. The summed E-state index contributed by atoms with van der Waals surface area (Å²) in [5.74, 6) is -3.85. The molecule has 1 aliphatic carbocycles. The van der Waals surface area contributed by atoms with Gasteiger partial charge in [0.15, 0.2) is 11.8 Å². The van der Waals surface area contributed by atoms with Gasteiger partial charge in [0.05, 0.1) is 12.1 Å². The molecule has 25 heavy (non-hydrogen) atoms. The van der Waals surface area contributed by atoms with E-state index in [0.29, 0.717) is 4.68 Å². The van der Waals surface area contributed by atoms with Crippen molar-refractivity contribution in [3.05, 3.63) is 17.0 Å². The number of nitrogens with zero attached hydrogens (tertiary/aromatic N) is 2. The number of aromatic nitrogens is 2. The third-order valence-electron chi connectivity index (χ3n) is 3.78. The van der Waals surface area contributed by atoms with Crippen LogP contribution in [-0.4, -0.2) is 39.7 Å². The summed E-state index contributed by atoms with van der Waals surface area (Å²) in [5.41, 5.74) is -3.42. The lowest BCUT2D eigenvalue weighted by molar-refractivity contribution is -0.221. The second kappa shape index (κ2) is 6.38. The highest BCUT2D eigenvalue weighted by molar-refractivity contribution is 5.38. The molecule has 0 aliphatic heterocycles. The van der Waals surface area contributed by atoms with Crippen molar-refractivity contribution in [1.29, 1.82) is 0 Å². The zero-order valence-corrected chi connectivity index (χ0v) is 12.8. The summed E-state index contributed by atoms with van der Waals surface area (Å²) in [7, 11) is 0. The molecule has 0 spiro atoms. The second-order valence-electron chi connectivity index (χ2n) is 5.54. The standard InChI is InChI=1S/C13H14F8N2O2/c1-2-25-7(12(16,17)18)3-4-23-6-5-11(14,15)10(24)8(6)9(22-23)13(19,20)21/h7,10,24H,2-5H2,1H3. The molecule has 1 N–H and O–H groups in total. The highest BCUT2D eigenvalue weighted by Gasteiger charge is 2.54. The molecule has 1 heterocycles. The number of ether oxygens (including phenoxy) is 1. The van der Waals surface area contributed by atoms with Gasteiger partial charge in [0.1, 0.15) is 6.10 Å². The largest absolute Gasteiger partial charge is 0.435 e. The first-order chi connectivity index (χ1) is 11.3. The molecule has 0 saturated carbocycles. The molecule has 1 aliphatic rings. The smallest absolute Gasteiger partial charge is 0.382 e. The zero-order valence-electron chi connectivity index (χ0n) is 12.8. The van der Waals surface area contributed by atoms with Crippen LogP contribution in [0.2, 0.25) is 0 Å². The van der Waals surface area contributed by atoms with Gasteiger partial charge < -0.3 is 9.84 Å². The third kappa shape index (κ3) is 3.89. The maximum atomic E-state index is 13.6. The maximum Gasteiger partial charge on any atom is 0.435 e. The van der Waals surface area contributed by atoms with Crippen molar-refractivity contribution in [2.75, 3.05) is 6.61 Å². The Bertz CT molecular complexity index is 623. The molecule has 0 fully saturated rings. The van der Waals surface area contributed by atoms with Gasteiger partial charge in [-0.25, -0.2) is 8.78 Å². The maximum absolute atomic E-state index is 13.6. The molecule has 1 aromatic rings. The molecule has 0 bridgehead atoms. The Labute approximate surface area is 136 Å². The number of aliphatic hydroxyl groups is 1. The normalized spacial score (nSPS) is 21.4. The fourth-order valence-electron chi connectivity index (χ4n) is 2.69. The van der Waals surface area contributed by atoms with Crippen molar-refractivity contribution in [1.82, 2.24) is 9.78 Å². The van der Waals surface area contributed by atoms with E-state index in [1.807, 2.05) is 0 Å². The number of fused-ring (bicyclic) bond motifs is 1. The van der Waals surface area contributed by atoms with Crippen LogP contribution in [0.3, 0.4) is 0 Å². The van der Waals surface area contributed by atoms with Crippen LogP contribution in [0.4, 0.5) is 35.1 Å². The molecule has 2 rings (SSSR count). The SMILES string of the molecule is CCOC(CCn1nc(C(F)(F)F)c2c1CC(F)(F)C2O)C(F)(F)F. The number of aryl methyl sites for hydroxylation is 1. The summed E-state index contributed by atoms with van der Waals surface area (Å²) in [5, 5.41) is 12.6. The summed E-state index contributed by atoms with van der Waals surface area (Å²) < 4.78 is 109. The monoisotopic (exact) mass is 382 g/mol. The highest BCUT2D eigenvalue weighted by atomic mass is 19.4. The second-order valence-corrected chi connectivity index (χ2v) is 5.54. The van der Waals surface area contributed by atoms with E-state index in [9.17, 15) is 40.2 Å². The molecule has 12 heteroatoms. The molecular weight excluding hydrogens is 368 g/mol. The van der Waals surface area contributed by atoms with Gasteiger partial charge in [-0.2, -0.15) is 31.4 Å². The van der Waals surface area contributed by atoms with E-state index >= 15 is 0 Å². The number of hydrogen-bond acceptors (Lipinski definition) is 3. The fourth-order valence-corrected chi connectivity index (χ4v) is 2.69. The van der Waals surface area contributed by atoms with E-state index in [1.165, 1.54) is 6.92 Å². The summed E-state index contributed by atoms with van der Waals surface area (Å²) in [6.45, 7) is 0.306. The van der Waals surface area contributed by atoms with Gasteiger partial charge in [-0.05, 0) is 6.92 Å². The van der Waals surface area contributed by atoms with E-state index in [0.717, 1.165) is 0 Å². The molecular formula is C13H14F8N2O2. The van der Waals surface area contributed by atoms with E-state index in [-0.39, 0.29) is 6.61 Å². The Hall–Kier alpha value is -1.43. The van der Waals surface area contributed by atoms with Crippen molar-refractivity contribution in [3.8, 4) is 0 Å². The summed E-state index contributed by atoms with van der Waals surface area (Å²) in [6.07, 6.45) is -16.9. The van der Waals surface area contributed by atoms with Gasteiger partial charge in [0, 0.05) is 25.1 Å². The van der Waals surface area contributed by atoms with Crippen molar-refractivity contribution < 1.29 is 45.0 Å². The summed E-state index contributed by atoms with van der Waals surface area (Å²) in [4.78, 5) is 0. The van der Waals surface area contributed by atoms with Crippen LogP contribution < -0.4 is 0 Å². The summed E-state index contributed by atoms with van der Waals surface area (Å²) in [6, 6.07) is 0. The Balaban J connectivity index is 2.33. The van der Waals surface area contributed by atoms with Crippen LogP contribution >= 0.6 is 0 Å². The van der Waals surface area contributed by atoms with Crippen LogP contribution in [-0.2, 0) is 23.9 Å². The minimum atomic E-state index is -5.12. The highest BCUT2D eigenvalue weighted by Crippen LogP contribution is 2.48. The lowest BCUT2D eigenvalue weighted by atomic mass is 10.1. The van der Waals surface area contributed by atoms with E-state index in [4.69, 9.17) is 0 Å². The van der Waals surface area contributed by atoms with Crippen molar-refractivity contribution in [2.45, 2.75) is 56.8 Å². The first kappa shape index (κ1) is 19.9. The Kier molecular flexibility index (Phi) is 5.08. The topological polar surface area (TPSA) is 47.3 Å². The fraction of sp³-hybridized carbons (Fsp3) is 0.769. The van der Waals surface area contributed by atoms with Crippen molar-refractivity contribution in [2.24, 2.45) is 0 Å². The van der Waals surface area contributed by atoms with Gasteiger partial charge in [0.2, 0.25) is 0 Å². The zero-order chi connectivity index (χ0) is 19.2. The van der Waals surface area contributed by atoms with Crippen LogP contribution in [0.15, 0.2) is 0 Å². The lowest BCUT2D eigenvalue weighted by Gasteiger charge is -2.20. The van der Waals surface area contributed by atoms with Crippen LogP contribution in [0.25, 0.3) is 0 Å². The minimum Gasteiger partial charge on any atom is -0.382 e. The molecule has 2 atom stereocenters. The number of halogens is 8. The number of alkyl halides is 8. The average molecular weight is 382 g/mol. The number of hydrogen-bond donors (Lipinski definition) is 1. The Morgan fingerprint density at radius 2 is 1.88 bits per heavy atom. The van der Waals surface area contributed by atoms with Crippen LogP contribution in [0.1, 0.15) is 36.4 Å². The predicted octanol–water partition coefficient (Wildman–Crippen LogP) is 3.48. The van der Waals surface area contributed by atoms with E-state index < -0.39 is 66.8 Å². The van der Waals surface area contributed by atoms with Gasteiger partial charge in [-0.3, -0.25) is 4.68 Å². The Morgan fingerprint density at radius 3 is 2.36 bits per heavy atom. The molecule has 0 aromatic carbocycles. The van der Waals surface area contributed by atoms with Crippen LogP contribution in [0.5, 0.6) is 0 Å².